The average molecular weight is 224 g/mol. The predicted octanol–water partition coefficient (Wildman–Crippen LogP) is 2.16. The van der Waals surface area contributed by atoms with Gasteiger partial charge in [-0.3, -0.25) is 0 Å². The quantitative estimate of drug-likeness (QED) is 0.820. The molecule has 0 radical (unpaired) electrons. The van der Waals surface area contributed by atoms with E-state index in [4.69, 9.17) is 19.0 Å². The normalized spacial score (nSPS) is 9.75. The molecule has 0 spiro atoms. The van der Waals surface area contributed by atoms with Crippen molar-refractivity contribution in [2.45, 2.75) is 27.1 Å². The van der Waals surface area contributed by atoms with Crippen LogP contribution < -0.4 is 0 Å². The monoisotopic (exact) mass is 224 g/mol. The van der Waals surface area contributed by atoms with Crippen molar-refractivity contribution in [2.24, 2.45) is 0 Å². The van der Waals surface area contributed by atoms with E-state index in [0.717, 1.165) is 11.5 Å². The maximum Gasteiger partial charge on any atom is 0.129 e. The molecule has 0 aliphatic heterocycles. The lowest BCUT2D eigenvalue weighted by Gasteiger charge is -1.82. The number of aryl methyl sites for hydroxylation is 2. The van der Waals surface area contributed by atoms with Crippen molar-refractivity contribution >= 4 is 0 Å². The molecule has 2 aromatic rings. The maximum absolute atomic E-state index is 8.46. The van der Waals surface area contributed by atoms with Gasteiger partial charge in [0, 0.05) is 0 Å². The van der Waals surface area contributed by atoms with Crippen molar-refractivity contribution in [1.29, 1.82) is 0 Å². The minimum Gasteiger partial charge on any atom is -0.464 e. The highest BCUT2D eigenvalue weighted by Gasteiger charge is 1.92. The second-order valence-corrected chi connectivity index (χ2v) is 3.34. The zero-order valence-electron chi connectivity index (χ0n) is 9.43. The van der Waals surface area contributed by atoms with Gasteiger partial charge in [0.1, 0.15) is 36.3 Å². The lowest BCUT2D eigenvalue weighted by atomic mass is 10.4. The van der Waals surface area contributed by atoms with Gasteiger partial charge in [-0.25, -0.2) is 0 Å². The number of rotatable bonds is 2. The molecule has 0 saturated carbocycles. The van der Waals surface area contributed by atoms with Crippen LogP contribution in [0.2, 0.25) is 0 Å². The summed E-state index contributed by atoms with van der Waals surface area (Å²) in [5.74, 6) is 2.94. The molecule has 2 heterocycles. The van der Waals surface area contributed by atoms with Gasteiger partial charge in [0.15, 0.2) is 0 Å². The van der Waals surface area contributed by atoms with Crippen LogP contribution in [0, 0.1) is 13.8 Å². The summed E-state index contributed by atoms with van der Waals surface area (Å²) in [4.78, 5) is 0. The summed E-state index contributed by atoms with van der Waals surface area (Å²) in [6.45, 7) is 3.68. The fourth-order valence-electron chi connectivity index (χ4n) is 1.14. The van der Waals surface area contributed by atoms with Crippen LogP contribution in [0.3, 0.4) is 0 Å². The fourth-order valence-corrected chi connectivity index (χ4v) is 1.14. The predicted molar refractivity (Wildman–Crippen MR) is 58.7 cm³/mol. The smallest absolute Gasteiger partial charge is 0.129 e. The molecule has 4 nitrogen and oxygen atoms in total. The standard InChI is InChI=1S/2C6H8O2/c2*1-5-2-3-6(4-7)8-5/h2*2-3,7H,4H2,1H3. The van der Waals surface area contributed by atoms with E-state index in [9.17, 15) is 0 Å². The van der Waals surface area contributed by atoms with Crippen LogP contribution in [0.4, 0.5) is 0 Å². The van der Waals surface area contributed by atoms with Gasteiger partial charge in [-0.2, -0.15) is 0 Å². The summed E-state index contributed by atoms with van der Waals surface area (Å²) in [5, 5.41) is 16.9. The van der Waals surface area contributed by atoms with Crippen molar-refractivity contribution in [3.05, 3.63) is 47.3 Å². The van der Waals surface area contributed by atoms with Crippen LogP contribution in [-0.4, -0.2) is 10.2 Å². The molecule has 0 aromatic carbocycles. The Morgan fingerprint density at radius 1 is 0.812 bits per heavy atom. The molecule has 88 valence electrons. The third-order valence-corrected chi connectivity index (χ3v) is 1.90. The molecule has 2 rings (SSSR count). The first-order chi connectivity index (χ1) is 7.65. The van der Waals surface area contributed by atoms with Gasteiger partial charge < -0.3 is 19.0 Å². The first kappa shape index (κ1) is 12.5. The molecule has 0 unspecified atom stereocenters. The van der Waals surface area contributed by atoms with Gasteiger partial charge >= 0.3 is 0 Å². The number of hydrogen-bond donors (Lipinski definition) is 2. The Morgan fingerprint density at radius 2 is 1.19 bits per heavy atom. The lowest BCUT2D eigenvalue weighted by molar-refractivity contribution is 0.245. The van der Waals surface area contributed by atoms with Crippen molar-refractivity contribution in [1.82, 2.24) is 0 Å². The highest BCUT2D eigenvalue weighted by Crippen LogP contribution is 2.05. The SMILES string of the molecule is Cc1ccc(CO)o1.Cc1ccc(CO)o1. The molecule has 4 heteroatoms. The highest BCUT2D eigenvalue weighted by atomic mass is 16.4. The molecule has 16 heavy (non-hydrogen) atoms. The Balaban J connectivity index is 0.000000160. The van der Waals surface area contributed by atoms with E-state index in [0.29, 0.717) is 11.5 Å². The topological polar surface area (TPSA) is 66.7 Å². The molecule has 0 atom stereocenters. The lowest BCUT2D eigenvalue weighted by Crippen LogP contribution is -1.73. The summed E-state index contributed by atoms with van der Waals surface area (Å²) in [6.07, 6.45) is 0. The van der Waals surface area contributed by atoms with E-state index in [1.165, 1.54) is 0 Å². The first-order valence-electron chi connectivity index (χ1n) is 4.98. The van der Waals surface area contributed by atoms with Crippen LogP contribution >= 0.6 is 0 Å². The fraction of sp³-hybridized carbons (Fsp3) is 0.333. The molecular formula is C12H16O4. The summed E-state index contributed by atoms with van der Waals surface area (Å²) in [7, 11) is 0. The van der Waals surface area contributed by atoms with Crippen LogP contribution in [0.5, 0.6) is 0 Å². The Morgan fingerprint density at radius 3 is 1.31 bits per heavy atom. The summed E-state index contributed by atoms with van der Waals surface area (Å²) >= 11 is 0. The minimum absolute atomic E-state index is 0.00611. The molecule has 0 amide bonds. The number of furan rings is 2. The Kier molecular flexibility index (Phi) is 4.82. The highest BCUT2D eigenvalue weighted by molar-refractivity contribution is 5.04. The zero-order valence-corrected chi connectivity index (χ0v) is 9.43. The largest absolute Gasteiger partial charge is 0.464 e. The minimum atomic E-state index is -0.00611. The van der Waals surface area contributed by atoms with Gasteiger partial charge in [-0.1, -0.05) is 0 Å². The van der Waals surface area contributed by atoms with Gasteiger partial charge in [0.25, 0.3) is 0 Å². The third kappa shape index (κ3) is 3.92. The maximum atomic E-state index is 8.46. The average Bonchev–Trinajstić information content (AvgIpc) is 2.88. The van der Waals surface area contributed by atoms with Gasteiger partial charge in [0.05, 0.1) is 0 Å². The molecule has 0 saturated heterocycles. The second kappa shape index (κ2) is 6.15. The van der Waals surface area contributed by atoms with Crippen molar-refractivity contribution in [2.75, 3.05) is 0 Å². The number of aliphatic hydroxyl groups is 2. The molecule has 0 aliphatic carbocycles. The van der Waals surface area contributed by atoms with Crippen LogP contribution in [-0.2, 0) is 13.2 Å². The van der Waals surface area contributed by atoms with Crippen LogP contribution in [0.1, 0.15) is 23.0 Å². The summed E-state index contributed by atoms with van der Waals surface area (Å²) in [5.41, 5.74) is 0. The molecule has 2 aromatic heterocycles. The van der Waals surface area contributed by atoms with Gasteiger partial charge in [-0.15, -0.1) is 0 Å². The second-order valence-electron chi connectivity index (χ2n) is 3.34. The molecular weight excluding hydrogens is 208 g/mol. The molecule has 0 bridgehead atoms. The van der Waals surface area contributed by atoms with E-state index in [2.05, 4.69) is 0 Å². The Bertz CT molecular complexity index is 374. The van der Waals surface area contributed by atoms with E-state index in [1.54, 1.807) is 12.1 Å². The van der Waals surface area contributed by atoms with E-state index >= 15 is 0 Å². The summed E-state index contributed by atoms with van der Waals surface area (Å²) < 4.78 is 9.97. The Labute approximate surface area is 94.1 Å². The van der Waals surface area contributed by atoms with E-state index < -0.39 is 0 Å². The van der Waals surface area contributed by atoms with Crippen molar-refractivity contribution in [3.8, 4) is 0 Å². The van der Waals surface area contributed by atoms with Crippen molar-refractivity contribution < 1.29 is 19.0 Å². The zero-order chi connectivity index (χ0) is 12.0. The van der Waals surface area contributed by atoms with Crippen molar-refractivity contribution in [3.63, 3.8) is 0 Å². The molecule has 0 aliphatic rings. The molecule has 2 N–H and O–H groups in total. The van der Waals surface area contributed by atoms with E-state index in [-0.39, 0.29) is 13.2 Å². The summed E-state index contributed by atoms with van der Waals surface area (Å²) in [6, 6.07) is 7.17. The first-order valence-corrected chi connectivity index (χ1v) is 4.98. The Hall–Kier alpha value is -1.52. The number of aliphatic hydroxyl groups excluding tert-OH is 2. The van der Waals surface area contributed by atoms with Crippen LogP contribution in [0.15, 0.2) is 33.1 Å². The van der Waals surface area contributed by atoms with Crippen LogP contribution in [0.25, 0.3) is 0 Å². The van der Waals surface area contributed by atoms with E-state index in [1.807, 2.05) is 26.0 Å². The molecule has 0 fully saturated rings. The number of hydrogen-bond acceptors (Lipinski definition) is 4. The van der Waals surface area contributed by atoms with Gasteiger partial charge in [0.2, 0.25) is 0 Å². The third-order valence-electron chi connectivity index (χ3n) is 1.90. The van der Waals surface area contributed by atoms with Gasteiger partial charge in [-0.05, 0) is 38.1 Å².